The average molecular weight is 425 g/mol. The van der Waals surface area contributed by atoms with Crippen LogP contribution in [0.15, 0.2) is 58.3 Å². The molecule has 8 nitrogen and oxygen atoms in total. The summed E-state index contributed by atoms with van der Waals surface area (Å²) in [5.41, 5.74) is 2.10. The van der Waals surface area contributed by atoms with Gasteiger partial charge in [0.25, 0.3) is 0 Å². The van der Waals surface area contributed by atoms with Crippen molar-refractivity contribution in [1.82, 2.24) is 15.5 Å². The first kappa shape index (κ1) is 21.0. The predicted octanol–water partition coefficient (Wildman–Crippen LogP) is 3.30. The zero-order valence-electron chi connectivity index (χ0n) is 17.7. The number of hydrogen-bond acceptors (Lipinski definition) is 6. The highest BCUT2D eigenvalue weighted by Gasteiger charge is 2.37. The number of urea groups is 1. The second kappa shape index (κ2) is 9.26. The second-order valence-corrected chi connectivity index (χ2v) is 7.56. The smallest absolute Gasteiger partial charge is 0.338 e. The maximum Gasteiger partial charge on any atom is 0.338 e. The molecule has 0 aliphatic carbocycles. The largest absolute Gasteiger partial charge is 0.497 e. The van der Waals surface area contributed by atoms with E-state index in [0.29, 0.717) is 23.6 Å². The number of furan rings is 1. The van der Waals surface area contributed by atoms with E-state index in [9.17, 15) is 9.59 Å². The minimum Gasteiger partial charge on any atom is -0.497 e. The Kier molecular flexibility index (Phi) is 6.27. The van der Waals surface area contributed by atoms with Gasteiger partial charge in [0, 0.05) is 18.3 Å². The van der Waals surface area contributed by atoms with Crippen LogP contribution in [-0.2, 0) is 9.53 Å². The Labute approximate surface area is 181 Å². The molecule has 2 aliphatic heterocycles. The molecular weight excluding hydrogens is 398 g/mol. The fourth-order valence-corrected chi connectivity index (χ4v) is 4.28. The minimum absolute atomic E-state index is 0.190. The maximum atomic E-state index is 12.9. The van der Waals surface area contributed by atoms with Crippen molar-refractivity contribution in [1.29, 1.82) is 0 Å². The Bertz CT molecular complexity index is 952. The van der Waals surface area contributed by atoms with E-state index in [2.05, 4.69) is 27.7 Å². The summed E-state index contributed by atoms with van der Waals surface area (Å²) in [4.78, 5) is 27.6. The van der Waals surface area contributed by atoms with Gasteiger partial charge in [-0.15, -0.1) is 0 Å². The molecule has 0 bridgehead atoms. The predicted molar refractivity (Wildman–Crippen MR) is 113 cm³/mol. The van der Waals surface area contributed by atoms with Crippen LogP contribution >= 0.6 is 0 Å². The molecule has 1 aromatic heterocycles. The Balaban J connectivity index is 1.65. The number of ether oxygens (including phenoxy) is 2. The number of hydrogen-bond donors (Lipinski definition) is 2. The fourth-order valence-electron chi connectivity index (χ4n) is 4.28. The van der Waals surface area contributed by atoms with Gasteiger partial charge in [0.1, 0.15) is 17.6 Å². The van der Waals surface area contributed by atoms with Crippen LogP contribution in [0.3, 0.4) is 0 Å². The van der Waals surface area contributed by atoms with Gasteiger partial charge in [-0.1, -0.05) is 12.1 Å². The van der Waals surface area contributed by atoms with Gasteiger partial charge in [-0.25, -0.2) is 9.59 Å². The van der Waals surface area contributed by atoms with Gasteiger partial charge in [0.05, 0.1) is 25.6 Å². The first-order valence-corrected chi connectivity index (χ1v) is 10.5. The highest BCUT2D eigenvalue weighted by molar-refractivity contribution is 5.95. The Hall–Kier alpha value is -3.26. The number of amides is 2. The SMILES string of the molecule is CCOC(=O)C1=C(CN2CCC[C@H]2c2ccc(OC)cc2)NC(=O)N[C@@H]1c1ccco1. The topological polar surface area (TPSA) is 93.0 Å². The summed E-state index contributed by atoms with van der Waals surface area (Å²) in [6.45, 7) is 3.29. The van der Waals surface area contributed by atoms with Crippen molar-refractivity contribution >= 4 is 12.0 Å². The zero-order chi connectivity index (χ0) is 21.8. The molecule has 0 unspecified atom stereocenters. The molecule has 2 amide bonds. The third kappa shape index (κ3) is 4.44. The van der Waals surface area contributed by atoms with Crippen molar-refractivity contribution in [2.75, 3.05) is 26.8 Å². The second-order valence-electron chi connectivity index (χ2n) is 7.56. The van der Waals surface area contributed by atoms with Crippen LogP contribution in [0.2, 0.25) is 0 Å². The number of carbonyl (C=O) groups excluding carboxylic acids is 2. The van der Waals surface area contributed by atoms with Gasteiger partial charge in [0.2, 0.25) is 0 Å². The number of methoxy groups -OCH3 is 1. The molecule has 0 spiro atoms. The summed E-state index contributed by atoms with van der Waals surface area (Å²) in [6, 6.07) is 10.6. The molecule has 0 saturated carbocycles. The Morgan fingerprint density at radius 2 is 2.06 bits per heavy atom. The lowest BCUT2D eigenvalue weighted by atomic mass is 9.99. The molecule has 1 fully saturated rings. The van der Waals surface area contributed by atoms with Gasteiger partial charge in [-0.3, -0.25) is 4.90 Å². The van der Waals surface area contributed by atoms with Crippen LogP contribution in [0.4, 0.5) is 4.79 Å². The summed E-state index contributed by atoms with van der Waals surface area (Å²) in [5.74, 6) is 0.836. The maximum absolute atomic E-state index is 12.9. The quantitative estimate of drug-likeness (QED) is 0.662. The van der Waals surface area contributed by atoms with E-state index >= 15 is 0 Å². The first-order valence-electron chi connectivity index (χ1n) is 10.5. The van der Waals surface area contributed by atoms with Crippen LogP contribution in [0.1, 0.15) is 43.2 Å². The van der Waals surface area contributed by atoms with E-state index in [0.717, 1.165) is 25.1 Å². The van der Waals surface area contributed by atoms with Crippen LogP contribution in [-0.4, -0.2) is 43.7 Å². The molecule has 2 N–H and O–H groups in total. The third-order valence-corrected chi connectivity index (χ3v) is 5.70. The minimum atomic E-state index is -0.695. The Morgan fingerprint density at radius 1 is 1.26 bits per heavy atom. The molecule has 164 valence electrons. The number of benzene rings is 1. The number of esters is 1. The molecule has 4 rings (SSSR count). The van der Waals surface area contributed by atoms with E-state index < -0.39 is 12.0 Å². The van der Waals surface area contributed by atoms with Crippen molar-refractivity contribution in [3.63, 3.8) is 0 Å². The number of carbonyl (C=O) groups is 2. The highest BCUT2D eigenvalue weighted by atomic mass is 16.5. The van der Waals surface area contributed by atoms with E-state index in [1.54, 1.807) is 26.2 Å². The van der Waals surface area contributed by atoms with Crippen LogP contribution < -0.4 is 15.4 Å². The first-order chi connectivity index (χ1) is 15.1. The van der Waals surface area contributed by atoms with Gasteiger partial charge >= 0.3 is 12.0 Å². The van der Waals surface area contributed by atoms with Crippen molar-refractivity contribution in [2.45, 2.75) is 31.8 Å². The van der Waals surface area contributed by atoms with E-state index in [-0.39, 0.29) is 18.7 Å². The monoisotopic (exact) mass is 425 g/mol. The van der Waals surface area contributed by atoms with E-state index in [1.165, 1.54) is 11.8 Å². The molecule has 1 saturated heterocycles. The van der Waals surface area contributed by atoms with Gasteiger partial charge in [0.15, 0.2) is 0 Å². The van der Waals surface area contributed by atoms with Crippen molar-refractivity contribution in [3.05, 3.63) is 65.3 Å². The van der Waals surface area contributed by atoms with Crippen LogP contribution in [0.5, 0.6) is 5.75 Å². The summed E-state index contributed by atoms with van der Waals surface area (Å²) in [5, 5.41) is 5.62. The van der Waals surface area contributed by atoms with Crippen molar-refractivity contribution in [3.8, 4) is 5.75 Å². The van der Waals surface area contributed by atoms with Crippen molar-refractivity contribution < 1.29 is 23.5 Å². The molecule has 2 aromatic rings. The number of rotatable bonds is 7. The molecule has 3 heterocycles. The zero-order valence-corrected chi connectivity index (χ0v) is 17.7. The van der Waals surface area contributed by atoms with Crippen LogP contribution in [0, 0.1) is 0 Å². The number of nitrogens with zero attached hydrogens (tertiary/aromatic N) is 1. The molecule has 1 aromatic carbocycles. The molecule has 8 heteroatoms. The summed E-state index contributed by atoms with van der Waals surface area (Å²) in [6.07, 6.45) is 3.56. The lowest BCUT2D eigenvalue weighted by Gasteiger charge is -2.32. The normalized spacial score (nSPS) is 21.5. The molecule has 0 radical (unpaired) electrons. The number of nitrogens with one attached hydrogen (secondary N) is 2. The molecule has 2 atom stereocenters. The summed E-state index contributed by atoms with van der Waals surface area (Å²) >= 11 is 0. The lowest BCUT2D eigenvalue weighted by molar-refractivity contribution is -0.139. The highest BCUT2D eigenvalue weighted by Crippen LogP contribution is 2.35. The van der Waals surface area contributed by atoms with Crippen molar-refractivity contribution in [2.24, 2.45) is 0 Å². The van der Waals surface area contributed by atoms with Gasteiger partial charge < -0.3 is 24.5 Å². The third-order valence-electron chi connectivity index (χ3n) is 5.70. The van der Waals surface area contributed by atoms with Crippen LogP contribution in [0.25, 0.3) is 0 Å². The average Bonchev–Trinajstić information content (AvgIpc) is 3.46. The lowest BCUT2D eigenvalue weighted by Crippen LogP contribution is -2.48. The fraction of sp³-hybridized carbons (Fsp3) is 0.391. The van der Waals surface area contributed by atoms with Gasteiger partial charge in [-0.2, -0.15) is 0 Å². The molecular formula is C23H27N3O5. The van der Waals surface area contributed by atoms with E-state index in [4.69, 9.17) is 13.9 Å². The standard InChI is InChI=1S/C23H27N3O5/c1-3-30-22(27)20-17(24-23(28)25-21(20)19-7-5-13-31-19)14-26-12-4-6-18(26)15-8-10-16(29-2)11-9-15/h5,7-11,13,18,21H,3-4,6,12,14H2,1-2H3,(H2,24,25,28)/t18-,21+/m0/s1. The van der Waals surface area contributed by atoms with E-state index in [1.807, 2.05) is 12.1 Å². The molecule has 2 aliphatic rings. The Morgan fingerprint density at radius 3 is 2.74 bits per heavy atom. The van der Waals surface area contributed by atoms with Gasteiger partial charge in [-0.05, 0) is 56.1 Å². The number of likely N-dealkylation sites (tertiary alicyclic amines) is 1. The summed E-state index contributed by atoms with van der Waals surface area (Å²) in [7, 11) is 1.65. The molecule has 31 heavy (non-hydrogen) atoms. The summed E-state index contributed by atoms with van der Waals surface area (Å²) < 4.78 is 16.1.